The molecule has 4 N–H and O–H groups in total. The zero-order valence-corrected chi connectivity index (χ0v) is 15.5. The molecule has 3 aromatic rings. The molecule has 0 atom stereocenters. The third-order valence-corrected chi connectivity index (χ3v) is 5.24. The second kappa shape index (κ2) is 7.86. The van der Waals surface area contributed by atoms with Crippen LogP contribution in [0.3, 0.4) is 0 Å². The first-order chi connectivity index (χ1) is 14.0. The summed E-state index contributed by atoms with van der Waals surface area (Å²) in [6, 6.07) is 8.39. The summed E-state index contributed by atoms with van der Waals surface area (Å²) in [7, 11) is 0. The van der Waals surface area contributed by atoms with Crippen LogP contribution in [0, 0.1) is 5.95 Å². The molecule has 150 valence electrons. The lowest BCUT2D eigenvalue weighted by Crippen LogP contribution is -2.43. The summed E-state index contributed by atoms with van der Waals surface area (Å²) in [5.74, 6) is -0.886. The predicted molar refractivity (Wildman–Crippen MR) is 104 cm³/mol. The highest BCUT2D eigenvalue weighted by Gasteiger charge is 2.25. The van der Waals surface area contributed by atoms with E-state index in [1.54, 1.807) is 30.3 Å². The Bertz CT molecular complexity index is 1060. The number of carboxylic acid groups (broad SMARTS) is 1. The molecule has 8 nitrogen and oxygen atoms in total. The van der Waals surface area contributed by atoms with Gasteiger partial charge in [-0.15, -0.1) is 0 Å². The molecule has 1 aliphatic carbocycles. The zero-order valence-electron chi connectivity index (χ0n) is 15.5. The SMILES string of the molecule is O=C(O)N[C@H]1CC[C@H](NC(=O)c2n[nH]c3ccc(-c4cccnc4F)cc23)CC1. The minimum absolute atomic E-state index is 0.0416. The van der Waals surface area contributed by atoms with Crippen LogP contribution in [0.1, 0.15) is 36.2 Å². The molecule has 4 rings (SSSR count). The number of carbonyl (C=O) groups excluding carboxylic acids is 1. The van der Waals surface area contributed by atoms with Gasteiger partial charge in [0.2, 0.25) is 5.95 Å². The first-order valence-electron chi connectivity index (χ1n) is 9.40. The van der Waals surface area contributed by atoms with E-state index in [2.05, 4.69) is 25.8 Å². The van der Waals surface area contributed by atoms with E-state index in [0.717, 1.165) is 0 Å². The second-order valence-electron chi connectivity index (χ2n) is 7.15. The molecule has 2 amide bonds. The number of halogens is 1. The van der Waals surface area contributed by atoms with E-state index in [0.29, 0.717) is 47.7 Å². The van der Waals surface area contributed by atoms with Gasteiger partial charge in [-0.3, -0.25) is 9.89 Å². The number of carbonyl (C=O) groups is 2. The van der Waals surface area contributed by atoms with Gasteiger partial charge in [-0.2, -0.15) is 9.49 Å². The predicted octanol–water partition coefficient (Wildman–Crippen LogP) is 3.07. The molecule has 1 aromatic carbocycles. The van der Waals surface area contributed by atoms with Crippen LogP contribution in [0.4, 0.5) is 9.18 Å². The summed E-state index contributed by atoms with van der Waals surface area (Å²) in [5.41, 5.74) is 1.89. The summed E-state index contributed by atoms with van der Waals surface area (Å²) >= 11 is 0. The van der Waals surface area contributed by atoms with Crippen LogP contribution in [-0.4, -0.2) is 44.4 Å². The van der Waals surface area contributed by atoms with Gasteiger partial charge in [-0.1, -0.05) is 6.07 Å². The number of nitrogens with one attached hydrogen (secondary N) is 3. The minimum Gasteiger partial charge on any atom is -0.465 e. The molecule has 1 fully saturated rings. The smallest absolute Gasteiger partial charge is 0.404 e. The van der Waals surface area contributed by atoms with Crippen LogP contribution < -0.4 is 10.6 Å². The number of hydrogen-bond donors (Lipinski definition) is 4. The number of aromatic nitrogens is 3. The lowest BCUT2D eigenvalue weighted by Gasteiger charge is -2.28. The normalized spacial score (nSPS) is 19.1. The van der Waals surface area contributed by atoms with Gasteiger partial charge in [0.25, 0.3) is 5.91 Å². The van der Waals surface area contributed by atoms with Crippen molar-refractivity contribution < 1.29 is 19.1 Å². The molecule has 0 bridgehead atoms. The summed E-state index contributed by atoms with van der Waals surface area (Å²) in [4.78, 5) is 27.2. The number of H-pyrrole nitrogens is 1. The molecule has 1 aliphatic rings. The molecule has 29 heavy (non-hydrogen) atoms. The number of pyridine rings is 1. The molecule has 2 heterocycles. The fraction of sp³-hybridized carbons (Fsp3) is 0.300. The van der Waals surface area contributed by atoms with Crippen molar-refractivity contribution in [2.24, 2.45) is 0 Å². The highest BCUT2D eigenvalue weighted by molar-refractivity contribution is 6.05. The van der Waals surface area contributed by atoms with E-state index in [1.165, 1.54) is 6.20 Å². The van der Waals surface area contributed by atoms with Crippen LogP contribution in [0.5, 0.6) is 0 Å². The summed E-state index contributed by atoms with van der Waals surface area (Å²) < 4.78 is 14.0. The summed E-state index contributed by atoms with van der Waals surface area (Å²) in [6.45, 7) is 0. The van der Waals surface area contributed by atoms with Gasteiger partial charge in [0.15, 0.2) is 5.69 Å². The lowest BCUT2D eigenvalue weighted by molar-refractivity contribution is 0.0919. The fourth-order valence-corrected chi connectivity index (χ4v) is 3.77. The molecule has 1 saturated carbocycles. The second-order valence-corrected chi connectivity index (χ2v) is 7.15. The Morgan fingerprint density at radius 2 is 1.83 bits per heavy atom. The van der Waals surface area contributed by atoms with Gasteiger partial charge in [-0.25, -0.2) is 9.78 Å². The first-order valence-corrected chi connectivity index (χ1v) is 9.40. The minimum atomic E-state index is -1.03. The number of nitrogens with zero attached hydrogens (tertiary/aromatic N) is 2. The Balaban J connectivity index is 1.51. The van der Waals surface area contributed by atoms with Crippen LogP contribution in [0.25, 0.3) is 22.0 Å². The van der Waals surface area contributed by atoms with Crippen molar-refractivity contribution in [1.29, 1.82) is 0 Å². The molecular weight excluding hydrogens is 377 g/mol. The van der Waals surface area contributed by atoms with Gasteiger partial charge >= 0.3 is 6.09 Å². The van der Waals surface area contributed by atoms with E-state index in [4.69, 9.17) is 5.11 Å². The van der Waals surface area contributed by atoms with E-state index in [-0.39, 0.29) is 23.7 Å². The summed E-state index contributed by atoms with van der Waals surface area (Å²) in [5, 5.41) is 21.8. The monoisotopic (exact) mass is 397 g/mol. The fourth-order valence-electron chi connectivity index (χ4n) is 3.77. The molecule has 0 radical (unpaired) electrons. The highest BCUT2D eigenvalue weighted by atomic mass is 19.1. The van der Waals surface area contributed by atoms with Gasteiger partial charge in [0.05, 0.1) is 5.52 Å². The van der Waals surface area contributed by atoms with Crippen molar-refractivity contribution >= 4 is 22.9 Å². The van der Waals surface area contributed by atoms with Crippen LogP contribution in [-0.2, 0) is 0 Å². The third kappa shape index (κ3) is 4.03. The molecule has 2 aromatic heterocycles. The number of benzene rings is 1. The average molecular weight is 397 g/mol. The quantitative estimate of drug-likeness (QED) is 0.504. The maximum Gasteiger partial charge on any atom is 0.404 e. The Labute approximate surface area is 165 Å². The highest BCUT2D eigenvalue weighted by Crippen LogP contribution is 2.27. The van der Waals surface area contributed by atoms with Crippen LogP contribution >= 0.6 is 0 Å². The van der Waals surface area contributed by atoms with Crippen molar-refractivity contribution in [2.45, 2.75) is 37.8 Å². The number of rotatable bonds is 4. The lowest BCUT2D eigenvalue weighted by atomic mass is 9.91. The van der Waals surface area contributed by atoms with Gasteiger partial charge in [-0.05, 0) is 55.5 Å². The molecule has 0 saturated heterocycles. The van der Waals surface area contributed by atoms with Gasteiger partial charge in [0.1, 0.15) is 0 Å². The van der Waals surface area contributed by atoms with Crippen molar-refractivity contribution in [3.8, 4) is 11.1 Å². The number of fused-ring (bicyclic) bond motifs is 1. The molecule has 0 spiro atoms. The van der Waals surface area contributed by atoms with Gasteiger partial charge < -0.3 is 15.7 Å². The van der Waals surface area contributed by atoms with E-state index >= 15 is 0 Å². The Hall–Kier alpha value is -3.49. The van der Waals surface area contributed by atoms with Gasteiger partial charge in [0, 0.05) is 29.2 Å². The van der Waals surface area contributed by atoms with Crippen molar-refractivity contribution in [2.75, 3.05) is 0 Å². The van der Waals surface area contributed by atoms with Crippen molar-refractivity contribution in [1.82, 2.24) is 25.8 Å². The molecule has 9 heteroatoms. The Morgan fingerprint density at radius 1 is 1.10 bits per heavy atom. The largest absolute Gasteiger partial charge is 0.465 e. The maximum atomic E-state index is 14.0. The number of hydrogen-bond acceptors (Lipinski definition) is 4. The van der Waals surface area contributed by atoms with E-state index in [9.17, 15) is 14.0 Å². The number of amides is 2. The van der Waals surface area contributed by atoms with E-state index in [1.807, 2.05) is 0 Å². The third-order valence-electron chi connectivity index (χ3n) is 5.24. The maximum absolute atomic E-state index is 14.0. The topological polar surface area (TPSA) is 120 Å². The molecule has 0 unspecified atom stereocenters. The molecule has 0 aliphatic heterocycles. The number of aromatic amines is 1. The zero-order chi connectivity index (χ0) is 20.4. The van der Waals surface area contributed by atoms with Crippen molar-refractivity contribution in [3.63, 3.8) is 0 Å². The van der Waals surface area contributed by atoms with Crippen molar-refractivity contribution in [3.05, 3.63) is 48.2 Å². The Morgan fingerprint density at radius 3 is 2.52 bits per heavy atom. The first kappa shape index (κ1) is 18.9. The standard InChI is InChI=1S/C20H20FN5O3/c21-18-14(2-1-9-22-18)11-3-8-16-15(10-11)17(26-25-16)19(27)23-12-4-6-13(7-5-12)24-20(28)29/h1-3,8-10,12-13,24H,4-7H2,(H,23,27)(H,25,26)(H,28,29)/t12-,13-. The Kier molecular flexibility index (Phi) is 5.11. The van der Waals surface area contributed by atoms with E-state index < -0.39 is 12.0 Å². The van der Waals surface area contributed by atoms with Crippen LogP contribution in [0.15, 0.2) is 36.5 Å². The average Bonchev–Trinajstić information content (AvgIpc) is 3.13. The summed E-state index contributed by atoms with van der Waals surface area (Å²) in [6.07, 6.45) is 3.07. The molecular formula is C20H20FN5O3. The van der Waals surface area contributed by atoms with Crippen LogP contribution in [0.2, 0.25) is 0 Å².